The smallest absolute Gasteiger partial charge is 0.528 e. The van der Waals surface area contributed by atoms with E-state index in [2.05, 4.69) is 9.47 Å². The summed E-state index contributed by atoms with van der Waals surface area (Å²) in [6.45, 7) is 3.04. The van der Waals surface area contributed by atoms with Crippen molar-refractivity contribution in [2.75, 3.05) is 0 Å². The molecule has 2 aromatic rings. The topological polar surface area (TPSA) is 36.9 Å². The van der Waals surface area contributed by atoms with Gasteiger partial charge in [0.2, 0.25) is 0 Å². The number of ether oxygens (including phenoxy) is 2. The Bertz CT molecular complexity index is 726. The van der Waals surface area contributed by atoms with Gasteiger partial charge in [-0.2, -0.15) is 0 Å². The van der Waals surface area contributed by atoms with Gasteiger partial charge >= 0.3 is 20.4 Å². The van der Waals surface area contributed by atoms with E-state index in [1.807, 2.05) is 0 Å². The summed E-state index contributed by atoms with van der Waals surface area (Å²) in [4.78, 5) is 0. The van der Waals surface area contributed by atoms with Gasteiger partial charge in [-0.05, 0) is 61.4 Å². The van der Waals surface area contributed by atoms with Crippen molar-refractivity contribution >= 4 is 7.69 Å². The van der Waals surface area contributed by atoms with E-state index in [0.29, 0.717) is 11.1 Å². The second-order valence-electron chi connectivity index (χ2n) is 5.36. The molecule has 0 unspecified atom stereocenters. The Labute approximate surface area is 150 Å². The first-order valence-corrected chi connectivity index (χ1v) is 7.41. The maximum atomic E-state index is 12.2. The van der Waals surface area contributed by atoms with Crippen LogP contribution in [0.4, 0.5) is 26.3 Å². The van der Waals surface area contributed by atoms with E-state index >= 15 is 0 Å². The molecule has 0 spiro atoms. The number of alkyl halides is 6. The zero-order valence-corrected chi connectivity index (χ0v) is 14.1. The Morgan fingerprint density at radius 3 is 1.33 bits per heavy atom. The van der Waals surface area contributed by atoms with E-state index in [1.54, 1.807) is 0 Å². The van der Waals surface area contributed by atoms with Gasteiger partial charge in [0.05, 0.1) is 0 Å². The monoisotopic (exact) mass is 394 g/mol. The highest BCUT2D eigenvalue weighted by atomic mass is 19.4. The standard InChI is InChI=1S/C16H13BF6O4/c1-9-7-11(24-15(18,19)20)3-5-13(9)26-17-27-14-6-4-12(8-10(14)2)25-16(21,22)23/h3-8,17H,1-2H3. The van der Waals surface area contributed by atoms with Gasteiger partial charge in [0.1, 0.15) is 23.0 Å². The van der Waals surface area contributed by atoms with E-state index in [9.17, 15) is 26.3 Å². The molecular weight excluding hydrogens is 381 g/mol. The molecule has 0 saturated carbocycles. The molecule has 0 aliphatic rings. The first-order valence-electron chi connectivity index (χ1n) is 7.41. The van der Waals surface area contributed by atoms with Gasteiger partial charge in [-0.3, -0.25) is 0 Å². The molecule has 27 heavy (non-hydrogen) atoms. The molecule has 0 aliphatic heterocycles. The van der Waals surface area contributed by atoms with Crippen molar-refractivity contribution in [2.45, 2.75) is 26.6 Å². The lowest BCUT2D eigenvalue weighted by atomic mass is 10.2. The van der Waals surface area contributed by atoms with Crippen LogP contribution in [0.1, 0.15) is 11.1 Å². The van der Waals surface area contributed by atoms with Gasteiger partial charge in [-0.15, -0.1) is 26.3 Å². The van der Waals surface area contributed by atoms with Crippen molar-refractivity contribution in [3.05, 3.63) is 47.5 Å². The van der Waals surface area contributed by atoms with Gasteiger partial charge in [0.25, 0.3) is 0 Å². The molecule has 0 fully saturated rings. The largest absolute Gasteiger partial charge is 0.576 e. The highest BCUT2D eigenvalue weighted by Crippen LogP contribution is 2.29. The van der Waals surface area contributed by atoms with Gasteiger partial charge in [0, 0.05) is 0 Å². The van der Waals surface area contributed by atoms with Crippen LogP contribution >= 0.6 is 0 Å². The quantitative estimate of drug-likeness (QED) is 0.520. The summed E-state index contributed by atoms with van der Waals surface area (Å²) in [5, 5.41) is 0. The molecule has 0 radical (unpaired) electrons. The maximum Gasteiger partial charge on any atom is 0.576 e. The zero-order valence-electron chi connectivity index (χ0n) is 14.1. The van der Waals surface area contributed by atoms with Crippen LogP contribution in [0.15, 0.2) is 36.4 Å². The molecule has 0 aromatic heterocycles. The fraction of sp³-hybridized carbons (Fsp3) is 0.250. The van der Waals surface area contributed by atoms with Gasteiger partial charge in [-0.1, -0.05) is 0 Å². The van der Waals surface area contributed by atoms with Crippen LogP contribution in [0, 0.1) is 13.8 Å². The van der Waals surface area contributed by atoms with Crippen LogP contribution in [0.2, 0.25) is 0 Å². The Hall–Kier alpha value is -2.72. The van der Waals surface area contributed by atoms with Crippen molar-refractivity contribution < 1.29 is 45.1 Å². The number of aryl methyl sites for hydroxylation is 2. The fourth-order valence-corrected chi connectivity index (χ4v) is 2.12. The molecule has 4 nitrogen and oxygen atoms in total. The highest BCUT2D eigenvalue weighted by Gasteiger charge is 2.32. The second-order valence-corrected chi connectivity index (χ2v) is 5.36. The van der Waals surface area contributed by atoms with E-state index in [-0.39, 0.29) is 30.7 Å². The molecule has 0 amide bonds. The molecular formula is C16H13BF6O4. The molecule has 0 heterocycles. The summed E-state index contributed by atoms with van der Waals surface area (Å²) in [5.41, 5.74) is 0.761. The molecule has 146 valence electrons. The average molecular weight is 394 g/mol. The third-order valence-corrected chi connectivity index (χ3v) is 3.19. The Kier molecular flexibility index (Phi) is 6.02. The molecule has 0 bridgehead atoms. The summed E-state index contributed by atoms with van der Waals surface area (Å²) < 4.78 is 91.3. The molecule has 0 N–H and O–H groups in total. The normalized spacial score (nSPS) is 11.7. The highest BCUT2D eigenvalue weighted by molar-refractivity contribution is 6.20. The average Bonchev–Trinajstić information content (AvgIpc) is 2.48. The van der Waals surface area contributed by atoms with Crippen LogP contribution in [-0.2, 0) is 0 Å². The van der Waals surface area contributed by atoms with Crippen molar-refractivity contribution in [1.29, 1.82) is 0 Å². The number of benzene rings is 2. The summed E-state index contributed by atoms with van der Waals surface area (Å²) in [6, 6.07) is 7.04. The maximum absolute atomic E-state index is 12.2. The first kappa shape index (κ1) is 20.6. The summed E-state index contributed by atoms with van der Waals surface area (Å²) in [6.07, 6.45) is -9.59. The summed E-state index contributed by atoms with van der Waals surface area (Å²) >= 11 is 0. The molecule has 2 aromatic carbocycles. The predicted molar refractivity (Wildman–Crippen MR) is 84.1 cm³/mol. The van der Waals surface area contributed by atoms with Crippen LogP contribution in [0.25, 0.3) is 0 Å². The van der Waals surface area contributed by atoms with E-state index < -0.39 is 12.7 Å². The number of hydrogen-bond donors (Lipinski definition) is 0. The Balaban J connectivity index is 1.94. The molecule has 0 saturated heterocycles. The lowest BCUT2D eigenvalue weighted by Gasteiger charge is -2.14. The van der Waals surface area contributed by atoms with Crippen LogP contribution < -0.4 is 18.8 Å². The minimum Gasteiger partial charge on any atom is -0.528 e. The van der Waals surface area contributed by atoms with Crippen LogP contribution in [-0.4, -0.2) is 20.4 Å². The lowest BCUT2D eigenvalue weighted by molar-refractivity contribution is -0.275. The SMILES string of the molecule is Cc1cc(OC(F)(F)F)ccc1OBOc1ccc(OC(F)(F)F)cc1C. The Morgan fingerprint density at radius 1 is 0.667 bits per heavy atom. The third-order valence-electron chi connectivity index (χ3n) is 3.19. The fourth-order valence-electron chi connectivity index (χ4n) is 2.12. The zero-order chi connectivity index (χ0) is 20.2. The molecule has 0 atom stereocenters. The molecule has 0 aliphatic carbocycles. The lowest BCUT2D eigenvalue weighted by Crippen LogP contribution is -2.17. The van der Waals surface area contributed by atoms with Gasteiger partial charge < -0.3 is 18.8 Å². The van der Waals surface area contributed by atoms with E-state index in [0.717, 1.165) is 24.3 Å². The van der Waals surface area contributed by atoms with Crippen molar-refractivity contribution in [3.63, 3.8) is 0 Å². The number of hydrogen-bond acceptors (Lipinski definition) is 4. The van der Waals surface area contributed by atoms with Crippen molar-refractivity contribution in [1.82, 2.24) is 0 Å². The first-order chi connectivity index (χ1) is 12.4. The van der Waals surface area contributed by atoms with E-state index in [4.69, 9.17) is 9.31 Å². The third kappa shape index (κ3) is 6.84. The van der Waals surface area contributed by atoms with Crippen molar-refractivity contribution in [2.24, 2.45) is 0 Å². The van der Waals surface area contributed by atoms with Gasteiger partial charge in [0.15, 0.2) is 0 Å². The van der Waals surface area contributed by atoms with E-state index in [1.165, 1.54) is 26.0 Å². The van der Waals surface area contributed by atoms with Gasteiger partial charge in [-0.25, -0.2) is 0 Å². The Morgan fingerprint density at radius 2 is 1.04 bits per heavy atom. The number of rotatable bonds is 6. The summed E-state index contributed by atoms with van der Waals surface area (Å²) in [5.74, 6) is -0.243. The van der Waals surface area contributed by atoms with Crippen LogP contribution in [0.3, 0.4) is 0 Å². The molecule has 11 heteroatoms. The minimum absolute atomic E-state index is 0.263. The minimum atomic E-state index is -4.79. The molecule has 2 rings (SSSR count). The number of halogens is 6. The predicted octanol–water partition coefficient (Wildman–Crippen LogP) is 4.82. The van der Waals surface area contributed by atoms with Crippen molar-refractivity contribution in [3.8, 4) is 23.0 Å². The second kappa shape index (κ2) is 7.89. The van der Waals surface area contributed by atoms with Crippen LogP contribution in [0.5, 0.6) is 23.0 Å². The summed E-state index contributed by atoms with van der Waals surface area (Å²) in [7, 11) is -0.305.